The summed E-state index contributed by atoms with van der Waals surface area (Å²) in [6.45, 7) is 0.142. The van der Waals surface area contributed by atoms with Gasteiger partial charge in [-0.1, -0.05) is 6.07 Å². The molecule has 0 bridgehead atoms. The summed E-state index contributed by atoms with van der Waals surface area (Å²) in [7, 11) is 1.48. The Kier molecular flexibility index (Phi) is 3.16. The van der Waals surface area contributed by atoms with Crippen LogP contribution >= 0.6 is 0 Å². The fraction of sp³-hybridized carbons (Fsp3) is 0.364. The molecule has 3 N–H and O–H groups in total. The Morgan fingerprint density at radius 3 is 2.76 bits per heavy atom. The van der Waals surface area contributed by atoms with Crippen LogP contribution in [0.3, 0.4) is 0 Å². The predicted molar refractivity (Wildman–Crippen MR) is 58.0 cm³/mol. The molecule has 0 aromatic heterocycles. The largest absolute Gasteiger partial charge is 0.480 e. The van der Waals surface area contributed by atoms with Crippen LogP contribution in [-0.2, 0) is 4.79 Å². The van der Waals surface area contributed by atoms with Crippen LogP contribution in [0.4, 0.5) is 0 Å². The molecule has 1 aliphatic heterocycles. The van der Waals surface area contributed by atoms with Crippen LogP contribution in [-0.4, -0.2) is 36.1 Å². The zero-order valence-corrected chi connectivity index (χ0v) is 9.21. The second kappa shape index (κ2) is 4.60. The third-order valence-electron chi connectivity index (χ3n) is 2.63. The summed E-state index contributed by atoms with van der Waals surface area (Å²) < 4.78 is 10.3. The minimum absolute atomic E-state index is 0.142. The molecule has 0 aliphatic carbocycles. The molecule has 1 aliphatic rings. The van der Waals surface area contributed by atoms with Gasteiger partial charge in [0.25, 0.3) is 0 Å². The number of benzene rings is 1. The Balaban J connectivity index is 2.24. The average Bonchev–Trinajstić information content (AvgIpc) is 2.75. The van der Waals surface area contributed by atoms with Crippen molar-refractivity contribution in [2.24, 2.45) is 0 Å². The number of carboxylic acid groups (broad SMARTS) is 1. The van der Waals surface area contributed by atoms with E-state index >= 15 is 0 Å². The summed E-state index contributed by atoms with van der Waals surface area (Å²) in [5, 5.41) is 21.4. The second-order valence-electron chi connectivity index (χ2n) is 3.66. The van der Waals surface area contributed by atoms with E-state index in [9.17, 15) is 9.90 Å². The van der Waals surface area contributed by atoms with Crippen molar-refractivity contribution in [1.82, 2.24) is 5.32 Å². The third-order valence-corrected chi connectivity index (χ3v) is 2.63. The molecule has 17 heavy (non-hydrogen) atoms. The zero-order valence-electron chi connectivity index (χ0n) is 9.21. The summed E-state index contributed by atoms with van der Waals surface area (Å²) >= 11 is 0. The van der Waals surface area contributed by atoms with Crippen LogP contribution in [0, 0.1) is 0 Å². The van der Waals surface area contributed by atoms with Crippen LogP contribution in [0.1, 0.15) is 11.7 Å². The number of hydrogen-bond acceptors (Lipinski definition) is 5. The molecule has 2 atom stereocenters. The van der Waals surface area contributed by atoms with Gasteiger partial charge in [-0.2, -0.15) is 0 Å². The van der Waals surface area contributed by atoms with Gasteiger partial charge in [0.15, 0.2) is 11.5 Å². The first-order valence-corrected chi connectivity index (χ1v) is 5.11. The van der Waals surface area contributed by atoms with E-state index in [4.69, 9.17) is 14.6 Å². The Hall–Kier alpha value is -1.79. The summed E-state index contributed by atoms with van der Waals surface area (Å²) in [5.41, 5.74) is 0.469. The molecule has 2 rings (SSSR count). The summed E-state index contributed by atoms with van der Waals surface area (Å²) in [6.07, 6.45) is -1.15. The molecule has 92 valence electrons. The topological polar surface area (TPSA) is 88.0 Å². The predicted octanol–water partition coefficient (Wildman–Crippen LogP) is 0.121. The number of aliphatic hydroxyl groups excluding tert-OH is 1. The lowest BCUT2D eigenvalue weighted by Gasteiger charge is -2.18. The van der Waals surface area contributed by atoms with Crippen LogP contribution in [0.2, 0.25) is 0 Å². The van der Waals surface area contributed by atoms with E-state index in [-0.39, 0.29) is 6.79 Å². The van der Waals surface area contributed by atoms with Crippen LogP contribution in [0.5, 0.6) is 11.5 Å². The fourth-order valence-electron chi connectivity index (χ4n) is 1.71. The molecule has 0 saturated carbocycles. The highest BCUT2D eigenvalue weighted by Gasteiger charge is 2.27. The van der Waals surface area contributed by atoms with Crippen molar-refractivity contribution in [2.75, 3.05) is 13.8 Å². The van der Waals surface area contributed by atoms with Gasteiger partial charge in [0.1, 0.15) is 12.1 Å². The van der Waals surface area contributed by atoms with Crippen molar-refractivity contribution < 1.29 is 24.5 Å². The van der Waals surface area contributed by atoms with Gasteiger partial charge in [-0.3, -0.25) is 4.79 Å². The lowest BCUT2D eigenvalue weighted by molar-refractivity contribution is -0.142. The summed E-state index contributed by atoms with van der Waals surface area (Å²) in [4.78, 5) is 10.9. The standard InChI is InChI=1S/C11H13NO5/c1-12-9(11(14)15)10(13)6-2-3-7-8(4-6)17-5-16-7/h2-4,9-10,12-13H,5H2,1H3,(H,14,15)/t9-,10+/m0/s1. The molecule has 1 heterocycles. The number of aliphatic carboxylic acids is 1. The number of carbonyl (C=O) groups is 1. The molecule has 1 aromatic carbocycles. The van der Waals surface area contributed by atoms with Gasteiger partial charge in [0, 0.05) is 0 Å². The Bertz CT molecular complexity index is 434. The minimum atomic E-state index is -1.15. The fourth-order valence-corrected chi connectivity index (χ4v) is 1.71. The van der Waals surface area contributed by atoms with Crippen molar-refractivity contribution in [2.45, 2.75) is 12.1 Å². The van der Waals surface area contributed by atoms with Gasteiger partial charge in [-0.05, 0) is 24.7 Å². The van der Waals surface area contributed by atoms with E-state index < -0.39 is 18.1 Å². The second-order valence-corrected chi connectivity index (χ2v) is 3.66. The van der Waals surface area contributed by atoms with E-state index in [1.54, 1.807) is 18.2 Å². The zero-order chi connectivity index (χ0) is 12.4. The highest BCUT2D eigenvalue weighted by Crippen LogP contribution is 2.34. The lowest BCUT2D eigenvalue weighted by atomic mass is 10.0. The van der Waals surface area contributed by atoms with Crippen LogP contribution in [0.15, 0.2) is 18.2 Å². The first kappa shape index (κ1) is 11.7. The van der Waals surface area contributed by atoms with Gasteiger partial charge in [-0.15, -0.1) is 0 Å². The van der Waals surface area contributed by atoms with Gasteiger partial charge >= 0.3 is 5.97 Å². The Morgan fingerprint density at radius 1 is 1.41 bits per heavy atom. The van der Waals surface area contributed by atoms with Crippen molar-refractivity contribution in [3.8, 4) is 11.5 Å². The van der Waals surface area contributed by atoms with Gasteiger partial charge < -0.3 is 25.0 Å². The number of ether oxygens (including phenoxy) is 2. The van der Waals surface area contributed by atoms with E-state index in [0.29, 0.717) is 17.1 Å². The minimum Gasteiger partial charge on any atom is -0.480 e. The van der Waals surface area contributed by atoms with Crippen LogP contribution < -0.4 is 14.8 Å². The number of carboxylic acids is 1. The van der Waals surface area contributed by atoms with E-state index in [1.165, 1.54) is 7.05 Å². The smallest absolute Gasteiger partial charge is 0.323 e. The van der Waals surface area contributed by atoms with Crippen molar-refractivity contribution in [3.63, 3.8) is 0 Å². The normalized spacial score (nSPS) is 16.6. The molecule has 6 heteroatoms. The maximum absolute atomic E-state index is 10.9. The van der Waals surface area contributed by atoms with Gasteiger partial charge in [0.05, 0.1) is 0 Å². The lowest BCUT2D eigenvalue weighted by Crippen LogP contribution is -2.39. The first-order valence-electron chi connectivity index (χ1n) is 5.11. The molecule has 0 amide bonds. The summed E-state index contributed by atoms with van der Waals surface area (Å²) in [5.74, 6) is -0.00302. The quantitative estimate of drug-likeness (QED) is 0.691. The Labute approximate surface area is 97.8 Å². The maximum atomic E-state index is 10.9. The van der Waals surface area contributed by atoms with Gasteiger partial charge in [0.2, 0.25) is 6.79 Å². The highest BCUT2D eigenvalue weighted by molar-refractivity contribution is 5.74. The molecular weight excluding hydrogens is 226 g/mol. The number of hydrogen-bond donors (Lipinski definition) is 3. The molecule has 0 spiro atoms. The van der Waals surface area contributed by atoms with Crippen molar-refractivity contribution in [1.29, 1.82) is 0 Å². The number of rotatable bonds is 4. The maximum Gasteiger partial charge on any atom is 0.323 e. The SMILES string of the molecule is CN[C@H](C(=O)O)[C@H](O)c1ccc2c(c1)OCO2. The first-order chi connectivity index (χ1) is 8.13. The number of nitrogens with one attached hydrogen (secondary N) is 1. The van der Waals surface area contributed by atoms with E-state index in [0.717, 1.165) is 0 Å². The van der Waals surface area contributed by atoms with Crippen LogP contribution in [0.25, 0.3) is 0 Å². The van der Waals surface area contributed by atoms with E-state index in [1.807, 2.05) is 0 Å². The van der Waals surface area contributed by atoms with Crippen molar-refractivity contribution in [3.05, 3.63) is 23.8 Å². The molecule has 1 aromatic rings. The molecule has 0 saturated heterocycles. The Morgan fingerprint density at radius 2 is 2.12 bits per heavy atom. The number of aliphatic hydroxyl groups is 1. The van der Waals surface area contributed by atoms with E-state index in [2.05, 4.69) is 5.32 Å². The molecular formula is C11H13NO5. The molecule has 0 unspecified atom stereocenters. The number of fused-ring (bicyclic) bond motifs is 1. The number of likely N-dealkylation sites (N-methyl/N-ethyl adjacent to an activating group) is 1. The average molecular weight is 239 g/mol. The van der Waals surface area contributed by atoms with Gasteiger partial charge in [-0.25, -0.2) is 0 Å². The highest BCUT2D eigenvalue weighted by atomic mass is 16.7. The monoisotopic (exact) mass is 239 g/mol. The molecule has 0 fully saturated rings. The third kappa shape index (κ3) is 2.17. The summed E-state index contributed by atoms with van der Waals surface area (Å²) in [6, 6.07) is 3.79. The van der Waals surface area contributed by atoms with Crippen molar-refractivity contribution >= 4 is 5.97 Å². The molecule has 6 nitrogen and oxygen atoms in total. The molecule has 0 radical (unpaired) electrons.